The van der Waals surface area contributed by atoms with Crippen LogP contribution in [0.5, 0.6) is 11.5 Å². The van der Waals surface area contributed by atoms with Gasteiger partial charge in [0.1, 0.15) is 0 Å². The molecule has 1 aliphatic heterocycles. The Morgan fingerprint density at radius 1 is 0.906 bits per heavy atom. The van der Waals surface area contributed by atoms with Gasteiger partial charge in [-0.05, 0) is 42.5 Å². The van der Waals surface area contributed by atoms with E-state index in [0.717, 1.165) is 4.47 Å². The quantitative estimate of drug-likeness (QED) is 0.366. The zero-order valence-corrected chi connectivity index (χ0v) is 17.9. The van der Waals surface area contributed by atoms with Crippen LogP contribution in [-0.2, 0) is 0 Å². The Bertz CT molecular complexity index is 1560. The van der Waals surface area contributed by atoms with Crippen molar-refractivity contribution in [2.24, 2.45) is 0 Å². The Morgan fingerprint density at radius 3 is 2.62 bits per heavy atom. The normalized spacial score (nSPS) is 12.4. The highest BCUT2D eigenvalue weighted by atomic mass is 79.9. The Labute approximate surface area is 189 Å². The lowest BCUT2D eigenvalue weighted by Crippen LogP contribution is -2.22. The zero-order valence-electron chi connectivity index (χ0n) is 16.4. The van der Waals surface area contributed by atoms with Gasteiger partial charge in [0.05, 0.1) is 11.1 Å². The number of nitrogens with zero attached hydrogens (tertiary/aromatic N) is 4. The lowest BCUT2D eigenvalue weighted by molar-refractivity contribution is 0.174. The molecule has 6 rings (SSSR count). The minimum Gasteiger partial charge on any atom is -0.454 e. The highest BCUT2D eigenvalue weighted by molar-refractivity contribution is 9.10. The summed E-state index contributed by atoms with van der Waals surface area (Å²) in [6.07, 6.45) is 0. The molecule has 3 heterocycles. The van der Waals surface area contributed by atoms with Crippen LogP contribution in [0.4, 0.5) is 0 Å². The summed E-state index contributed by atoms with van der Waals surface area (Å²) in [6, 6.07) is 20.0. The van der Waals surface area contributed by atoms with Gasteiger partial charge in [-0.15, -0.1) is 0 Å². The molecule has 0 radical (unpaired) electrons. The van der Waals surface area contributed by atoms with Crippen molar-refractivity contribution in [2.75, 3.05) is 6.79 Å². The maximum absolute atomic E-state index is 13.2. The molecule has 156 valence electrons. The predicted octanol–water partition coefficient (Wildman–Crippen LogP) is 4.59. The topological polar surface area (TPSA) is 92.3 Å². The number of rotatable bonds is 3. The SMILES string of the molecule is O=c1c2ccccc2c(-c2nc(-c3ccc4c(c3)OCO4)no2)nn1-c1cccc(Br)c1. The van der Waals surface area contributed by atoms with E-state index in [1.807, 2.05) is 48.5 Å². The van der Waals surface area contributed by atoms with Gasteiger partial charge in [0.2, 0.25) is 12.6 Å². The van der Waals surface area contributed by atoms with Crippen molar-refractivity contribution in [2.45, 2.75) is 0 Å². The molecule has 1 aliphatic rings. The smallest absolute Gasteiger partial charge is 0.279 e. The van der Waals surface area contributed by atoms with Crippen LogP contribution in [0.1, 0.15) is 0 Å². The van der Waals surface area contributed by atoms with Crippen LogP contribution in [0.25, 0.3) is 39.4 Å². The first kappa shape index (κ1) is 18.8. The van der Waals surface area contributed by atoms with Crippen molar-refractivity contribution in [1.29, 1.82) is 0 Å². The van der Waals surface area contributed by atoms with Crippen LogP contribution in [-0.4, -0.2) is 26.7 Å². The van der Waals surface area contributed by atoms with E-state index < -0.39 is 0 Å². The second-order valence-corrected chi connectivity index (χ2v) is 8.00. The summed E-state index contributed by atoms with van der Waals surface area (Å²) in [5.74, 6) is 1.88. The molecular formula is C23H13BrN4O4. The number of ether oxygens (including phenoxy) is 2. The predicted molar refractivity (Wildman–Crippen MR) is 120 cm³/mol. The summed E-state index contributed by atoms with van der Waals surface area (Å²) in [7, 11) is 0. The Kier molecular flexibility index (Phi) is 4.29. The van der Waals surface area contributed by atoms with Gasteiger partial charge < -0.3 is 14.0 Å². The molecule has 5 aromatic rings. The molecular weight excluding hydrogens is 476 g/mol. The van der Waals surface area contributed by atoms with E-state index in [2.05, 4.69) is 31.2 Å². The average Bonchev–Trinajstić information content (AvgIpc) is 3.49. The molecule has 8 nitrogen and oxygen atoms in total. The van der Waals surface area contributed by atoms with Gasteiger partial charge in [0.15, 0.2) is 17.2 Å². The summed E-state index contributed by atoms with van der Waals surface area (Å²) in [5, 5.41) is 9.84. The fourth-order valence-electron chi connectivity index (χ4n) is 3.60. The van der Waals surface area contributed by atoms with Gasteiger partial charge in [-0.2, -0.15) is 14.8 Å². The summed E-state index contributed by atoms with van der Waals surface area (Å²) in [6.45, 7) is 0.184. The molecule has 2 aromatic heterocycles. The van der Waals surface area contributed by atoms with Crippen molar-refractivity contribution in [1.82, 2.24) is 19.9 Å². The average molecular weight is 489 g/mol. The summed E-state index contributed by atoms with van der Waals surface area (Å²) in [4.78, 5) is 17.7. The first-order valence-electron chi connectivity index (χ1n) is 9.69. The van der Waals surface area contributed by atoms with E-state index in [0.29, 0.717) is 45.0 Å². The van der Waals surface area contributed by atoms with E-state index in [4.69, 9.17) is 14.0 Å². The van der Waals surface area contributed by atoms with Gasteiger partial charge >= 0.3 is 0 Å². The Hall–Kier alpha value is -3.98. The van der Waals surface area contributed by atoms with Crippen molar-refractivity contribution in [3.05, 3.63) is 81.6 Å². The molecule has 0 unspecified atom stereocenters. The van der Waals surface area contributed by atoms with E-state index in [1.54, 1.807) is 18.2 Å². The summed E-state index contributed by atoms with van der Waals surface area (Å²) >= 11 is 3.44. The fraction of sp³-hybridized carbons (Fsp3) is 0.0435. The van der Waals surface area contributed by atoms with Crippen molar-refractivity contribution >= 4 is 26.7 Å². The monoisotopic (exact) mass is 488 g/mol. The Morgan fingerprint density at radius 2 is 1.75 bits per heavy atom. The fourth-order valence-corrected chi connectivity index (χ4v) is 3.99. The third kappa shape index (κ3) is 3.05. The molecule has 0 bridgehead atoms. The molecule has 9 heteroatoms. The lowest BCUT2D eigenvalue weighted by atomic mass is 10.1. The van der Waals surface area contributed by atoms with E-state index in [-0.39, 0.29) is 18.2 Å². The van der Waals surface area contributed by atoms with Crippen LogP contribution in [0.3, 0.4) is 0 Å². The van der Waals surface area contributed by atoms with E-state index >= 15 is 0 Å². The maximum Gasteiger partial charge on any atom is 0.279 e. The molecule has 0 aliphatic carbocycles. The Balaban J connectivity index is 1.52. The first-order valence-corrected chi connectivity index (χ1v) is 10.5. The van der Waals surface area contributed by atoms with Gasteiger partial charge in [-0.3, -0.25) is 4.79 Å². The minimum absolute atomic E-state index is 0.184. The molecule has 3 aromatic carbocycles. The lowest BCUT2D eigenvalue weighted by Gasteiger charge is -2.09. The first-order chi connectivity index (χ1) is 15.7. The summed E-state index contributed by atoms with van der Waals surface area (Å²) in [5.41, 5.74) is 1.51. The zero-order chi connectivity index (χ0) is 21.7. The number of aromatic nitrogens is 4. The van der Waals surface area contributed by atoms with Crippen LogP contribution in [0.2, 0.25) is 0 Å². The van der Waals surface area contributed by atoms with Crippen molar-refractivity contribution < 1.29 is 14.0 Å². The third-order valence-corrected chi connectivity index (χ3v) is 5.61. The molecule has 0 N–H and O–H groups in total. The molecule has 0 saturated carbocycles. The van der Waals surface area contributed by atoms with Gasteiger partial charge in [0, 0.05) is 15.4 Å². The van der Waals surface area contributed by atoms with Crippen LogP contribution >= 0.6 is 15.9 Å². The molecule has 0 spiro atoms. The molecule has 0 fully saturated rings. The van der Waals surface area contributed by atoms with Crippen molar-refractivity contribution in [3.8, 4) is 40.2 Å². The number of benzene rings is 3. The summed E-state index contributed by atoms with van der Waals surface area (Å²) < 4.78 is 18.5. The van der Waals surface area contributed by atoms with Crippen LogP contribution in [0, 0.1) is 0 Å². The minimum atomic E-state index is -0.238. The van der Waals surface area contributed by atoms with E-state index in [9.17, 15) is 4.79 Å². The van der Waals surface area contributed by atoms with Crippen molar-refractivity contribution in [3.63, 3.8) is 0 Å². The standard InChI is InChI=1S/C23H13BrN4O4/c24-14-4-3-5-15(11-14)28-23(29)17-7-2-1-6-16(17)20(26-28)22-25-21(27-32-22)13-8-9-18-19(10-13)31-12-30-18/h1-11H,12H2. The highest BCUT2D eigenvalue weighted by Crippen LogP contribution is 2.35. The molecule has 32 heavy (non-hydrogen) atoms. The molecule has 0 amide bonds. The third-order valence-electron chi connectivity index (χ3n) is 5.12. The van der Waals surface area contributed by atoms with Gasteiger partial charge in [0.25, 0.3) is 11.4 Å². The van der Waals surface area contributed by atoms with E-state index in [1.165, 1.54) is 4.68 Å². The molecule has 0 saturated heterocycles. The molecule has 0 atom stereocenters. The maximum atomic E-state index is 13.2. The number of halogens is 1. The van der Waals surface area contributed by atoms with Gasteiger partial charge in [-0.1, -0.05) is 45.4 Å². The number of hydrogen-bond donors (Lipinski definition) is 0. The second-order valence-electron chi connectivity index (χ2n) is 7.08. The van der Waals surface area contributed by atoms with Gasteiger partial charge in [-0.25, -0.2) is 0 Å². The van der Waals surface area contributed by atoms with Crippen LogP contribution < -0.4 is 15.0 Å². The second kappa shape index (κ2) is 7.31. The van der Waals surface area contributed by atoms with Crippen LogP contribution in [0.15, 0.2) is 80.5 Å². The largest absolute Gasteiger partial charge is 0.454 e. The highest BCUT2D eigenvalue weighted by Gasteiger charge is 2.21. The number of hydrogen-bond acceptors (Lipinski definition) is 7. The number of fused-ring (bicyclic) bond motifs is 2.